The highest BCUT2D eigenvalue weighted by atomic mass is 32.2. The fourth-order valence-electron chi connectivity index (χ4n) is 2.06. The van der Waals surface area contributed by atoms with Crippen LogP contribution in [-0.4, -0.2) is 32.6 Å². The minimum Gasteiger partial charge on any atom is -0.465 e. The molecule has 1 amide bonds. The van der Waals surface area contributed by atoms with Crippen LogP contribution in [0.1, 0.15) is 20.3 Å². The Morgan fingerprint density at radius 3 is 2.43 bits per heavy atom. The summed E-state index contributed by atoms with van der Waals surface area (Å²) in [5.41, 5.74) is 0.843. The molecule has 0 spiro atoms. The van der Waals surface area contributed by atoms with Crippen LogP contribution in [0.4, 0.5) is 5.69 Å². The predicted octanol–water partition coefficient (Wildman–Crippen LogP) is 0.862. The van der Waals surface area contributed by atoms with Gasteiger partial charge in [-0.2, -0.15) is 13.5 Å². The number of esters is 1. The largest absolute Gasteiger partial charge is 0.465 e. The van der Waals surface area contributed by atoms with Gasteiger partial charge in [-0.15, -0.1) is 0 Å². The number of rotatable bonds is 5. The number of ether oxygens (including phenoxy) is 1. The van der Waals surface area contributed by atoms with Gasteiger partial charge in [-0.1, -0.05) is 0 Å². The van der Waals surface area contributed by atoms with Gasteiger partial charge in [-0.3, -0.25) is 9.59 Å². The van der Waals surface area contributed by atoms with Gasteiger partial charge in [0.25, 0.3) is 10.0 Å². The molecule has 0 unspecified atom stereocenters. The first-order valence-electron chi connectivity index (χ1n) is 6.90. The topological polar surface area (TPSA) is 114 Å². The van der Waals surface area contributed by atoms with Crippen molar-refractivity contribution in [2.24, 2.45) is 11.0 Å². The van der Waals surface area contributed by atoms with Crippen LogP contribution in [0.5, 0.6) is 0 Å². The molecule has 1 aliphatic rings. The summed E-state index contributed by atoms with van der Waals surface area (Å²) in [6.45, 7) is 3.24. The standard InChI is InChI=1S/C14H17N3O5S/c1-9(13-7-8-22-14(13)19)16-17-23(20,21)12-5-3-11(4-6-12)15-10(2)18/h3-6,13,17H,7-8H2,1-2H3,(H,15,18)/b16-9+/t13-/m0/s1. The molecule has 2 rings (SSSR count). The number of cyclic esters (lactones) is 1. The Morgan fingerprint density at radius 1 is 1.26 bits per heavy atom. The number of hydrazone groups is 1. The van der Waals surface area contributed by atoms with E-state index >= 15 is 0 Å². The van der Waals surface area contributed by atoms with Crippen molar-refractivity contribution < 1.29 is 22.7 Å². The van der Waals surface area contributed by atoms with Gasteiger partial charge in [0.05, 0.1) is 23.1 Å². The average Bonchev–Trinajstić information content (AvgIpc) is 2.91. The van der Waals surface area contributed by atoms with E-state index in [9.17, 15) is 18.0 Å². The maximum absolute atomic E-state index is 12.1. The molecule has 23 heavy (non-hydrogen) atoms. The van der Waals surface area contributed by atoms with Crippen molar-refractivity contribution in [1.82, 2.24) is 4.83 Å². The van der Waals surface area contributed by atoms with Crippen LogP contribution in [-0.2, 0) is 24.3 Å². The summed E-state index contributed by atoms with van der Waals surface area (Å²) < 4.78 is 29.1. The van der Waals surface area contributed by atoms with Crippen molar-refractivity contribution in [2.75, 3.05) is 11.9 Å². The Kier molecular flexibility index (Phi) is 4.99. The van der Waals surface area contributed by atoms with Crippen molar-refractivity contribution in [3.8, 4) is 0 Å². The summed E-state index contributed by atoms with van der Waals surface area (Å²) in [5.74, 6) is -1.16. The lowest BCUT2D eigenvalue weighted by Crippen LogP contribution is -2.24. The molecule has 0 aromatic heterocycles. The molecule has 8 nitrogen and oxygen atoms in total. The molecule has 124 valence electrons. The van der Waals surface area contributed by atoms with Crippen LogP contribution < -0.4 is 10.1 Å². The van der Waals surface area contributed by atoms with Gasteiger partial charge in [0, 0.05) is 19.0 Å². The third kappa shape index (κ3) is 4.28. The number of anilines is 1. The molecule has 9 heteroatoms. The second-order valence-electron chi connectivity index (χ2n) is 5.06. The lowest BCUT2D eigenvalue weighted by molar-refractivity contribution is -0.139. The molecule has 1 aliphatic heterocycles. The van der Waals surface area contributed by atoms with E-state index in [-0.39, 0.29) is 10.8 Å². The Hall–Kier alpha value is -2.42. The Balaban J connectivity index is 2.09. The molecule has 1 saturated heterocycles. The molecular weight excluding hydrogens is 322 g/mol. The quantitative estimate of drug-likeness (QED) is 0.469. The summed E-state index contributed by atoms with van der Waals surface area (Å²) in [5, 5.41) is 6.33. The molecular formula is C14H17N3O5S. The minimum absolute atomic E-state index is 0.00264. The van der Waals surface area contributed by atoms with Gasteiger partial charge >= 0.3 is 5.97 Å². The highest BCUT2D eigenvalue weighted by Crippen LogP contribution is 2.17. The van der Waals surface area contributed by atoms with E-state index in [1.807, 2.05) is 0 Å². The zero-order valence-corrected chi connectivity index (χ0v) is 13.5. The third-order valence-electron chi connectivity index (χ3n) is 3.27. The van der Waals surface area contributed by atoms with Crippen LogP contribution in [0.2, 0.25) is 0 Å². The lowest BCUT2D eigenvalue weighted by Gasteiger charge is -2.08. The van der Waals surface area contributed by atoms with Gasteiger partial charge in [-0.05, 0) is 31.2 Å². The molecule has 0 bridgehead atoms. The van der Waals surface area contributed by atoms with E-state index in [2.05, 4.69) is 15.2 Å². The average molecular weight is 339 g/mol. The first-order valence-corrected chi connectivity index (χ1v) is 8.38. The second kappa shape index (κ2) is 6.78. The van der Waals surface area contributed by atoms with Crippen LogP contribution in [0, 0.1) is 5.92 Å². The van der Waals surface area contributed by atoms with Crippen molar-refractivity contribution in [1.29, 1.82) is 0 Å². The van der Waals surface area contributed by atoms with Gasteiger partial charge in [0.15, 0.2) is 0 Å². The molecule has 0 aliphatic carbocycles. The number of benzene rings is 1. The van der Waals surface area contributed by atoms with Crippen LogP contribution in [0.3, 0.4) is 0 Å². The molecule has 0 radical (unpaired) electrons. The summed E-state index contributed by atoms with van der Waals surface area (Å²) in [6.07, 6.45) is 0.487. The second-order valence-corrected chi connectivity index (χ2v) is 6.72. The number of hydrogen-bond donors (Lipinski definition) is 2. The van der Waals surface area contributed by atoms with Gasteiger partial charge in [0.2, 0.25) is 5.91 Å². The summed E-state index contributed by atoms with van der Waals surface area (Å²) in [7, 11) is -3.85. The zero-order chi connectivity index (χ0) is 17.0. The van der Waals surface area contributed by atoms with Crippen molar-refractivity contribution >= 4 is 33.3 Å². The summed E-state index contributed by atoms with van der Waals surface area (Å²) in [6, 6.07) is 5.65. The molecule has 1 aromatic rings. The van der Waals surface area contributed by atoms with E-state index in [0.717, 1.165) is 0 Å². The van der Waals surface area contributed by atoms with E-state index in [1.54, 1.807) is 6.92 Å². The number of hydrogen-bond acceptors (Lipinski definition) is 6. The maximum atomic E-state index is 12.1. The SMILES string of the molecule is CC(=O)Nc1ccc(S(=O)(=O)N/N=C(\C)[C@@H]2CCOC2=O)cc1. The highest BCUT2D eigenvalue weighted by molar-refractivity contribution is 7.89. The number of sulfonamides is 1. The first kappa shape index (κ1) is 16.9. The molecule has 2 N–H and O–H groups in total. The van der Waals surface area contributed by atoms with Crippen molar-refractivity contribution in [2.45, 2.75) is 25.2 Å². The highest BCUT2D eigenvalue weighted by Gasteiger charge is 2.29. The lowest BCUT2D eigenvalue weighted by atomic mass is 10.0. The fourth-order valence-corrected chi connectivity index (χ4v) is 2.92. The van der Waals surface area contributed by atoms with Crippen LogP contribution >= 0.6 is 0 Å². The summed E-state index contributed by atoms with van der Waals surface area (Å²) >= 11 is 0. The van der Waals surface area contributed by atoms with E-state index < -0.39 is 21.9 Å². The maximum Gasteiger partial charge on any atom is 0.314 e. The van der Waals surface area contributed by atoms with Crippen LogP contribution in [0.25, 0.3) is 0 Å². The van der Waals surface area contributed by atoms with Gasteiger partial charge < -0.3 is 10.1 Å². The Bertz CT molecular complexity index is 740. The van der Waals surface area contributed by atoms with Gasteiger partial charge in [0.1, 0.15) is 0 Å². The first-order chi connectivity index (χ1) is 10.8. The van der Waals surface area contributed by atoms with Crippen LogP contribution in [0.15, 0.2) is 34.3 Å². The monoisotopic (exact) mass is 339 g/mol. The smallest absolute Gasteiger partial charge is 0.314 e. The number of carbonyl (C=O) groups excluding carboxylic acids is 2. The normalized spacial score (nSPS) is 18.4. The molecule has 1 atom stereocenters. The number of amides is 1. The Morgan fingerprint density at radius 2 is 1.91 bits per heavy atom. The number of carbonyl (C=O) groups is 2. The van der Waals surface area contributed by atoms with E-state index in [0.29, 0.717) is 24.4 Å². The molecule has 1 aromatic carbocycles. The van der Waals surface area contributed by atoms with Crippen molar-refractivity contribution in [3.63, 3.8) is 0 Å². The summed E-state index contributed by atoms with van der Waals surface area (Å²) in [4.78, 5) is 24.4. The Labute approximate surface area is 134 Å². The molecule has 1 fully saturated rings. The number of nitrogens with one attached hydrogen (secondary N) is 2. The number of nitrogens with zero attached hydrogens (tertiary/aromatic N) is 1. The van der Waals surface area contributed by atoms with E-state index in [1.165, 1.54) is 31.2 Å². The predicted molar refractivity (Wildman–Crippen MR) is 83.2 cm³/mol. The van der Waals surface area contributed by atoms with Crippen molar-refractivity contribution in [3.05, 3.63) is 24.3 Å². The third-order valence-corrected chi connectivity index (χ3v) is 4.49. The molecule has 1 heterocycles. The zero-order valence-electron chi connectivity index (χ0n) is 12.7. The van der Waals surface area contributed by atoms with E-state index in [4.69, 9.17) is 4.74 Å². The fraction of sp³-hybridized carbons (Fsp3) is 0.357. The minimum atomic E-state index is -3.85. The van der Waals surface area contributed by atoms with Gasteiger partial charge in [-0.25, -0.2) is 4.83 Å². The molecule has 0 saturated carbocycles.